The molecule has 2 aromatic rings. The normalized spacial score (nSPS) is 10.3. The second-order valence-electron chi connectivity index (χ2n) is 2.93. The average Bonchev–Trinajstić information content (AvgIpc) is 2.64. The molecule has 0 spiro atoms. The van der Waals surface area contributed by atoms with Gasteiger partial charge in [-0.1, -0.05) is 0 Å². The number of nitro groups is 1. The second kappa shape index (κ2) is 4.04. The Morgan fingerprint density at radius 2 is 2.25 bits per heavy atom. The van der Waals surface area contributed by atoms with E-state index in [1.165, 1.54) is 16.8 Å². The van der Waals surface area contributed by atoms with E-state index in [1.54, 1.807) is 12.4 Å². The van der Waals surface area contributed by atoms with Crippen LogP contribution in [-0.4, -0.2) is 19.7 Å². The molecule has 0 radical (unpaired) electrons. The minimum Gasteiger partial charge on any atom is -0.378 e. The van der Waals surface area contributed by atoms with Gasteiger partial charge in [0.25, 0.3) is 0 Å². The van der Waals surface area contributed by atoms with Crippen LogP contribution in [0.15, 0.2) is 24.5 Å². The lowest BCUT2D eigenvalue weighted by Gasteiger charge is -2.01. The molecule has 0 aromatic carbocycles. The third-order valence-corrected chi connectivity index (χ3v) is 2.43. The number of hydrogen-bond acceptors (Lipinski definition) is 5. The standard InChI is InChI=1S/C8H6IN5O2/c9-5-3-11-13(4-5)7-2-1-6(14(15)16)8(10)12-7/h1-4H,(H2,10,12). The third kappa shape index (κ3) is 1.96. The zero-order valence-electron chi connectivity index (χ0n) is 7.87. The molecule has 0 fully saturated rings. The maximum atomic E-state index is 10.5. The number of nitrogens with zero attached hydrogens (tertiary/aromatic N) is 4. The first-order chi connectivity index (χ1) is 7.58. The van der Waals surface area contributed by atoms with E-state index in [-0.39, 0.29) is 11.5 Å². The van der Waals surface area contributed by atoms with Crippen LogP contribution in [0, 0.1) is 13.7 Å². The molecule has 0 aliphatic rings. The van der Waals surface area contributed by atoms with Crippen molar-refractivity contribution < 1.29 is 4.92 Å². The Hall–Kier alpha value is -1.71. The summed E-state index contributed by atoms with van der Waals surface area (Å²) in [4.78, 5) is 13.9. The molecule has 2 rings (SSSR count). The van der Waals surface area contributed by atoms with Crippen LogP contribution in [0.3, 0.4) is 0 Å². The molecule has 0 aliphatic heterocycles. The van der Waals surface area contributed by atoms with Crippen molar-refractivity contribution in [1.82, 2.24) is 14.8 Å². The number of rotatable bonds is 2. The first-order valence-electron chi connectivity index (χ1n) is 4.19. The van der Waals surface area contributed by atoms with Gasteiger partial charge in [0.1, 0.15) is 0 Å². The highest BCUT2D eigenvalue weighted by Crippen LogP contribution is 2.20. The molecular formula is C8H6IN5O2. The Bertz CT molecular complexity index is 553. The Morgan fingerprint density at radius 1 is 1.50 bits per heavy atom. The molecule has 0 atom stereocenters. The van der Waals surface area contributed by atoms with Crippen molar-refractivity contribution in [3.05, 3.63) is 38.2 Å². The summed E-state index contributed by atoms with van der Waals surface area (Å²) in [6.45, 7) is 0. The molecule has 2 aromatic heterocycles. The summed E-state index contributed by atoms with van der Waals surface area (Å²) in [5, 5.41) is 14.6. The van der Waals surface area contributed by atoms with Crippen molar-refractivity contribution in [2.75, 3.05) is 5.73 Å². The van der Waals surface area contributed by atoms with Crippen LogP contribution < -0.4 is 5.73 Å². The summed E-state index contributed by atoms with van der Waals surface area (Å²) in [5.74, 6) is 0.332. The fourth-order valence-electron chi connectivity index (χ4n) is 1.16. The predicted octanol–water partition coefficient (Wildman–Crippen LogP) is 1.36. The van der Waals surface area contributed by atoms with Crippen LogP contribution >= 0.6 is 22.6 Å². The molecule has 0 bridgehead atoms. The van der Waals surface area contributed by atoms with Gasteiger partial charge in [-0.05, 0) is 28.7 Å². The largest absolute Gasteiger partial charge is 0.378 e. The zero-order chi connectivity index (χ0) is 11.7. The fourth-order valence-corrected chi connectivity index (χ4v) is 1.55. The number of nitrogens with two attached hydrogens (primary N) is 1. The third-order valence-electron chi connectivity index (χ3n) is 1.87. The Morgan fingerprint density at radius 3 is 2.75 bits per heavy atom. The van der Waals surface area contributed by atoms with Gasteiger partial charge < -0.3 is 5.73 Å². The van der Waals surface area contributed by atoms with Crippen LogP contribution in [-0.2, 0) is 0 Å². The van der Waals surface area contributed by atoms with Crippen LogP contribution in [0.2, 0.25) is 0 Å². The molecule has 0 aliphatic carbocycles. The Labute approximate surface area is 104 Å². The highest BCUT2D eigenvalue weighted by molar-refractivity contribution is 14.1. The lowest BCUT2D eigenvalue weighted by Crippen LogP contribution is -2.03. The van der Waals surface area contributed by atoms with Crippen LogP contribution in [0.1, 0.15) is 0 Å². The Balaban J connectivity index is 2.45. The van der Waals surface area contributed by atoms with Crippen molar-refractivity contribution in [1.29, 1.82) is 0 Å². The van der Waals surface area contributed by atoms with Crippen LogP contribution in [0.4, 0.5) is 11.5 Å². The SMILES string of the molecule is Nc1nc(-n2cc(I)cn2)ccc1[N+](=O)[O-]. The summed E-state index contributed by atoms with van der Waals surface area (Å²) in [7, 11) is 0. The van der Waals surface area contributed by atoms with Gasteiger partial charge in [0.05, 0.1) is 14.7 Å². The molecule has 0 unspecified atom stereocenters. The van der Waals surface area contributed by atoms with Crippen molar-refractivity contribution >= 4 is 34.1 Å². The number of pyridine rings is 1. The van der Waals surface area contributed by atoms with Gasteiger partial charge in [-0.15, -0.1) is 0 Å². The zero-order valence-corrected chi connectivity index (χ0v) is 10.0. The molecule has 16 heavy (non-hydrogen) atoms. The number of aromatic nitrogens is 3. The van der Waals surface area contributed by atoms with Crippen molar-refractivity contribution in [3.63, 3.8) is 0 Å². The molecule has 0 saturated heterocycles. The minimum absolute atomic E-state index is 0.118. The van der Waals surface area contributed by atoms with E-state index >= 15 is 0 Å². The summed E-state index contributed by atoms with van der Waals surface area (Å²) >= 11 is 2.10. The molecule has 2 N–H and O–H groups in total. The average molecular weight is 331 g/mol. The maximum Gasteiger partial charge on any atom is 0.311 e. The fraction of sp³-hybridized carbons (Fsp3) is 0. The van der Waals surface area contributed by atoms with Gasteiger partial charge in [-0.3, -0.25) is 10.1 Å². The van der Waals surface area contributed by atoms with E-state index in [9.17, 15) is 10.1 Å². The van der Waals surface area contributed by atoms with E-state index in [0.29, 0.717) is 5.82 Å². The smallest absolute Gasteiger partial charge is 0.311 e. The Kier molecular flexibility index (Phi) is 2.73. The van der Waals surface area contributed by atoms with E-state index in [4.69, 9.17) is 5.73 Å². The van der Waals surface area contributed by atoms with Gasteiger partial charge in [0.2, 0.25) is 5.82 Å². The molecule has 2 heterocycles. The van der Waals surface area contributed by atoms with E-state index in [2.05, 4.69) is 32.7 Å². The quantitative estimate of drug-likeness (QED) is 0.509. The number of halogens is 1. The molecule has 7 nitrogen and oxygen atoms in total. The van der Waals surface area contributed by atoms with Crippen molar-refractivity contribution in [3.8, 4) is 5.82 Å². The summed E-state index contributed by atoms with van der Waals surface area (Å²) < 4.78 is 2.44. The monoisotopic (exact) mass is 331 g/mol. The molecule has 0 amide bonds. The lowest BCUT2D eigenvalue weighted by molar-refractivity contribution is -0.384. The second-order valence-corrected chi connectivity index (χ2v) is 4.18. The van der Waals surface area contributed by atoms with Gasteiger partial charge in [-0.25, -0.2) is 9.67 Å². The van der Waals surface area contributed by atoms with E-state index in [0.717, 1.165) is 3.57 Å². The molecule has 82 valence electrons. The van der Waals surface area contributed by atoms with Crippen molar-refractivity contribution in [2.24, 2.45) is 0 Å². The molecule has 0 saturated carbocycles. The summed E-state index contributed by atoms with van der Waals surface area (Å²) in [6, 6.07) is 2.81. The lowest BCUT2D eigenvalue weighted by atomic mass is 10.4. The first-order valence-corrected chi connectivity index (χ1v) is 5.27. The van der Waals surface area contributed by atoms with Gasteiger partial charge in [0.15, 0.2) is 5.82 Å². The van der Waals surface area contributed by atoms with Gasteiger partial charge in [0, 0.05) is 12.3 Å². The highest BCUT2D eigenvalue weighted by Gasteiger charge is 2.13. The van der Waals surface area contributed by atoms with Gasteiger partial charge in [-0.2, -0.15) is 5.10 Å². The van der Waals surface area contributed by atoms with Crippen LogP contribution in [0.25, 0.3) is 5.82 Å². The summed E-state index contributed by atoms with van der Waals surface area (Å²) in [6.07, 6.45) is 3.40. The van der Waals surface area contributed by atoms with E-state index < -0.39 is 4.92 Å². The first kappa shape index (κ1) is 10.8. The topological polar surface area (TPSA) is 99.9 Å². The number of hydrogen-bond donors (Lipinski definition) is 1. The highest BCUT2D eigenvalue weighted by atomic mass is 127. The maximum absolute atomic E-state index is 10.5. The molecular weight excluding hydrogens is 325 g/mol. The van der Waals surface area contributed by atoms with Gasteiger partial charge >= 0.3 is 5.69 Å². The minimum atomic E-state index is -0.570. The van der Waals surface area contributed by atoms with E-state index in [1.807, 2.05) is 0 Å². The van der Waals surface area contributed by atoms with Crippen LogP contribution in [0.5, 0.6) is 0 Å². The molecule has 8 heteroatoms. The predicted molar refractivity (Wildman–Crippen MR) is 65.1 cm³/mol. The number of anilines is 1. The van der Waals surface area contributed by atoms with Crippen molar-refractivity contribution in [2.45, 2.75) is 0 Å². The summed E-state index contributed by atoms with van der Waals surface area (Å²) in [5.41, 5.74) is 5.27. The number of nitrogen functional groups attached to an aromatic ring is 1.